The predicted octanol–water partition coefficient (Wildman–Crippen LogP) is 12.6. The first-order valence-electron chi connectivity index (χ1n) is 18.4. The lowest BCUT2D eigenvalue weighted by molar-refractivity contribution is -0.138. The number of nitrogens with zero attached hydrogens (tertiary/aromatic N) is 6. The van der Waals surface area contributed by atoms with Crippen LogP contribution in [0, 0.1) is 6.92 Å². The number of carbonyl (C=O) groups is 2. The van der Waals surface area contributed by atoms with Crippen LogP contribution < -0.4 is 9.47 Å². The molecule has 0 atom stereocenters. The Bertz CT molecular complexity index is 1890. The monoisotopic (exact) mass is 744 g/mol. The van der Waals surface area contributed by atoms with Gasteiger partial charge in [-0.1, -0.05) is 13.2 Å². The maximum atomic E-state index is 11.0. The van der Waals surface area contributed by atoms with Gasteiger partial charge in [0.2, 0.25) is 0 Å². The van der Waals surface area contributed by atoms with Gasteiger partial charge in [-0.05, 0) is 155 Å². The number of ether oxygens (including phenoxy) is 4. The zero-order chi connectivity index (χ0) is 38.9. The summed E-state index contributed by atoms with van der Waals surface area (Å²) in [5.41, 5.74) is 5.18. The number of esters is 2. The van der Waals surface area contributed by atoms with E-state index in [4.69, 9.17) is 18.9 Å². The standard InChI is InChI=1S/C43H48N6O6/c1-4-42(50)54-30-12-8-6-10-28-52-39-23-18-36(19-24-39)45-44-34-14-16-35(17-15-34)47-49-41-27-22-38(32-33(41)3)48-46-37-20-25-40(26-21-37)53-29-11-7-9-13-31-55-43(51)5-2/h4-5,14-27,32H,1-2,6-13,28-31H2,3H3. The first-order chi connectivity index (χ1) is 26.9. The van der Waals surface area contributed by atoms with Crippen molar-refractivity contribution in [3.63, 3.8) is 0 Å². The summed E-state index contributed by atoms with van der Waals surface area (Å²) in [5, 5.41) is 26.2. The first kappa shape index (κ1) is 41.5. The Hall–Kier alpha value is -6.30. The smallest absolute Gasteiger partial charge is 0.330 e. The van der Waals surface area contributed by atoms with Crippen LogP contribution in [0.4, 0.5) is 34.1 Å². The van der Waals surface area contributed by atoms with Crippen molar-refractivity contribution in [2.45, 2.75) is 58.3 Å². The largest absolute Gasteiger partial charge is 0.494 e. The van der Waals surface area contributed by atoms with Crippen molar-refractivity contribution in [1.29, 1.82) is 0 Å². The van der Waals surface area contributed by atoms with Gasteiger partial charge in [0, 0.05) is 12.2 Å². The number of unbranched alkanes of at least 4 members (excludes halogenated alkanes) is 6. The third-order valence-electron chi connectivity index (χ3n) is 7.98. The molecule has 0 aliphatic rings. The molecule has 0 N–H and O–H groups in total. The van der Waals surface area contributed by atoms with Gasteiger partial charge in [0.05, 0.1) is 60.6 Å². The minimum Gasteiger partial charge on any atom is -0.494 e. The van der Waals surface area contributed by atoms with Crippen molar-refractivity contribution in [2.75, 3.05) is 26.4 Å². The van der Waals surface area contributed by atoms with Gasteiger partial charge in [-0.15, -0.1) is 0 Å². The van der Waals surface area contributed by atoms with Gasteiger partial charge >= 0.3 is 11.9 Å². The molecule has 4 aromatic rings. The van der Waals surface area contributed by atoms with Gasteiger partial charge in [0.25, 0.3) is 0 Å². The highest BCUT2D eigenvalue weighted by Gasteiger charge is 2.02. The number of rotatable bonds is 24. The highest BCUT2D eigenvalue weighted by atomic mass is 16.5. The van der Waals surface area contributed by atoms with Crippen molar-refractivity contribution in [3.05, 3.63) is 122 Å². The highest BCUT2D eigenvalue weighted by molar-refractivity contribution is 5.81. The fourth-order valence-electron chi connectivity index (χ4n) is 4.92. The van der Waals surface area contributed by atoms with E-state index in [0.29, 0.717) is 49.2 Å². The molecular formula is C43H48N6O6. The summed E-state index contributed by atoms with van der Waals surface area (Å²) in [6.45, 7) is 10.8. The van der Waals surface area contributed by atoms with Crippen LogP contribution in [0.25, 0.3) is 0 Å². The Balaban J connectivity index is 1.14. The first-order valence-corrected chi connectivity index (χ1v) is 18.4. The second-order valence-electron chi connectivity index (χ2n) is 12.3. The molecule has 12 nitrogen and oxygen atoms in total. The van der Waals surface area contributed by atoms with Crippen LogP contribution >= 0.6 is 0 Å². The molecule has 0 heterocycles. The maximum absolute atomic E-state index is 11.0. The van der Waals surface area contributed by atoms with E-state index in [-0.39, 0.29) is 11.9 Å². The second kappa shape index (κ2) is 24.1. The molecule has 0 saturated heterocycles. The number of carbonyl (C=O) groups excluding carboxylic acids is 2. The molecule has 4 rings (SSSR count). The molecule has 0 fully saturated rings. The predicted molar refractivity (Wildman–Crippen MR) is 213 cm³/mol. The van der Waals surface area contributed by atoms with Gasteiger partial charge in [0.1, 0.15) is 11.5 Å². The second-order valence-corrected chi connectivity index (χ2v) is 12.3. The van der Waals surface area contributed by atoms with E-state index >= 15 is 0 Å². The molecule has 0 spiro atoms. The van der Waals surface area contributed by atoms with Crippen molar-refractivity contribution >= 4 is 46.1 Å². The summed E-state index contributed by atoms with van der Waals surface area (Å²) in [6.07, 6.45) is 9.79. The Morgan fingerprint density at radius 3 is 1.22 bits per heavy atom. The molecule has 0 radical (unpaired) electrons. The molecular weight excluding hydrogens is 697 g/mol. The maximum Gasteiger partial charge on any atom is 0.330 e. The lowest BCUT2D eigenvalue weighted by Gasteiger charge is -2.06. The average Bonchev–Trinajstić information content (AvgIpc) is 3.21. The number of aryl methyl sites for hydroxylation is 1. The Morgan fingerprint density at radius 2 is 0.818 bits per heavy atom. The van der Waals surface area contributed by atoms with E-state index in [1.165, 1.54) is 12.2 Å². The summed E-state index contributed by atoms with van der Waals surface area (Å²) in [7, 11) is 0. The molecule has 4 aromatic carbocycles. The Morgan fingerprint density at radius 1 is 0.473 bits per heavy atom. The molecule has 0 unspecified atom stereocenters. The minimum atomic E-state index is -0.380. The Kier molecular flexibility index (Phi) is 18.2. The number of benzene rings is 4. The average molecular weight is 745 g/mol. The Labute approximate surface area is 322 Å². The lowest BCUT2D eigenvalue weighted by Crippen LogP contribution is -2.02. The molecule has 12 heteroatoms. The fourth-order valence-corrected chi connectivity index (χ4v) is 4.92. The number of hydrogen-bond acceptors (Lipinski definition) is 12. The lowest BCUT2D eigenvalue weighted by atomic mass is 10.2. The van der Waals surface area contributed by atoms with E-state index in [1.807, 2.05) is 97.9 Å². The molecule has 0 amide bonds. The van der Waals surface area contributed by atoms with Crippen LogP contribution in [0.3, 0.4) is 0 Å². The quantitative estimate of drug-likeness (QED) is 0.0302. The topological polar surface area (TPSA) is 145 Å². The van der Waals surface area contributed by atoms with Crippen molar-refractivity contribution in [2.24, 2.45) is 30.7 Å². The molecule has 0 saturated carbocycles. The van der Waals surface area contributed by atoms with Crippen LogP contribution in [0.5, 0.6) is 11.5 Å². The zero-order valence-electron chi connectivity index (χ0n) is 31.3. The fraction of sp³-hybridized carbons (Fsp3) is 0.302. The minimum absolute atomic E-state index is 0.380. The number of hydrogen-bond donors (Lipinski definition) is 0. The summed E-state index contributed by atoms with van der Waals surface area (Å²) >= 11 is 0. The van der Waals surface area contributed by atoms with Gasteiger partial charge in [0.15, 0.2) is 0 Å². The molecule has 0 aliphatic heterocycles. The normalized spacial score (nSPS) is 11.2. The van der Waals surface area contributed by atoms with Crippen LogP contribution in [0.1, 0.15) is 56.9 Å². The highest BCUT2D eigenvalue weighted by Crippen LogP contribution is 2.29. The summed E-state index contributed by atoms with van der Waals surface area (Å²) in [4.78, 5) is 22.1. The number of azo groups is 3. The summed E-state index contributed by atoms with van der Waals surface area (Å²) in [5.74, 6) is 0.794. The molecule has 0 aromatic heterocycles. The van der Waals surface area contributed by atoms with Gasteiger partial charge in [-0.2, -0.15) is 30.7 Å². The van der Waals surface area contributed by atoms with E-state index in [1.54, 1.807) is 0 Å². The van der Waals surface area contributed by atoms with E-state index < -0.39 is 0 Å². The van der Waals surface area contributed by atoms with Gasteiger partial charge in [-0.3, -0.25) is 0 Å². The molecule has 0 aliphatic carbocycles. The van der Waals surface area contributed by atoms with Crippen LogP contribution in [-0.2, 0) is 19.1 Å². The van der Waals surface area contributed by atoms with E-state index in [0.717, 1.165) is 79.8 Å². The summed E-state index contributed by atoms with van der Waals surface area (Å²) in [6, 6.07) is 28.0. The molecule has 0 bridgehead atoms. The SMILES string of the molecule is C=CC(=O)OCCCCCCOc1ccc(N=Nc2ccc(N=Nc3ccc(N=Nc4ccc(OCCCCCCOC(=O)C=C)cc4)cc3C)cc2)cc1. The van der Waals surface area contributed by atoms with E-state index in [2.05, 4.69) is 43.8 Å². The van der Waals surface area contributed by atoms with Crippen LogP contribution in [-0.4, -0.2) is 38.4 Å². The third-order valence-corrected chi connectivity index (χ3v) is 7.98. The van der Waals surface area contributed by atoms with Gasteiger partial charge < -0.3 is 18.9 Å². The van der Waals surface area contributed by atoms with Crippen molar-refractivity contribution in [3.8, 4) is 11.5 Å². The zero-order valence-corrected chi connectivity index (χ0v) is 31.3. The van der Waals surface area contributed by atoms with Gasteiger partial charge in [-0.25, -0.2) is 9.59 Å². The van der Waals surface area contributed by atoms with Crippen LogP contribution in [0.2, 0.25) is 0 Å². The van der Waals surface area contributed by atoms with Crippen molar-refractivity contribution < 1.29 is 28.5 Å². The summed E-state index contributed by atoms with van der Waals surface area (Å²) < 4.78 is 21.6. The third kappa shape index (κ3) is 16.5. The molecule has 286 valence electrons. The van der Waals surface area contributed by atoms with Crippen LogP contribution in [0.15, 0.2) is 147 Å². The van der Waals surface area contributed by atoms with Crippen molar-refractivity contribution in [1.82, 2.24) is 0 Å². The molecule has 55 heavy (non-hydrogen) atoms. The van der Waals surface area contributed by atoms with E-state index in [9.17, 15) is 9.59 Å².